The number of aromatic nitrogens is 2. The van der Waals surface area contributed by atoms with Crippen LogP contribution in [0.15, 0.2) is 54.7 Å². The van der Waals surface area contributed by atoms with Gasteiger partial charge < -0.3 is 28.3 Å². The molecule has 1 saturated heterocycles. The minimum absolute atomic E-state index is 0.0234. The first kappa shape index (κ1) is 43.8. The predicted molar refractivity (Wildman–Crippen MR) is 236 cm³/mol. The molecule has 0 radical (unpaired) electrons. The summed E-state index contributed by atoms with van der Waals surface area (Å²) in [5, 5.41) is 1.25. The van der Waals surface area contributed by atoms with Gasteiger partial charge in [-0.25, -0.2) is 0 Å². The predicted octanol–water partition coefficient (Wildman–Crippen LogP) is 8.85. The largest absolute Gasteiger partial charge is 0.463 e. The third-order valence-electron chi connectivity index (χ3n) is 12.4. The normalized spacial score (nSPS) is 18.5. The average Bonchev–Trinajstić information content (AvgIpc) is 3.87. The van der Waals surface area contributed by atoms with E-state index in [0.717, 1.165) is 95.8 Å². The molecule has 11 nitrogen and oxygen atoms in total. The first-order chi connectivity index (χ1) is 27.3. The maximum Gasteiger partial charge on any atom is 0.293 e. The van der Waals surface area contributed by atoms with Crippen LogP contribution in [0.5, 0.6) is 0 Å². The second-order valence-electron chi connectivity index (χ2n) is 18.5. The van der Waals surface area contributed by atoms with Gasteiger partial charge in [0.25, 0.3) is 16.6 Å². The van der Waals surface area contributed by atoms with Crippen LogP contribution in [0.4, 0.5) is 11.4 Å². The van der Waals surface area contributed by atoms with Crippen LogP contribution in [-0.2, 0) is 52.6 Å². The smallest absolute Gasteiger partial charge is 0.293 e. The Hall–Kier alpha value is -3.75. The molecule has 316 valence electrons. The summed E-state index contributed by atoms with van der Waals surface area (Å²) in [5.74, 6) is 0.0234. The molecule has 2 fully saturated rings. The lowest BCUT2D eigenvalue weighted by Gasteiger charge is -2.39. The van der Waals surface area contributed by atoms with Crippen molar-refractivity contribution in [3.63, 3.8) is 0 Å². The van der Waals surface area contributed by atoms with Gasteiger partial charge in [0.2, 0.25) is 0 Å². The fraction of sp³-hybridized carbons (Fsp3) is 0.556. The van der Waals surface area contributed by atoms with Gasteiger partial charge in [0.05, 0.1) is 41.7 Å². The number of fused-ring (bicyclic) bond motifs is 1. The van der Waals surface area contributed by atoms with E-state index in [9.17, 15) is 13.2 Å². The first-order valence-electron chi connectivity index (χ1n) is 20.6. The Balaban J connectivity index is 1.42. The van der Waals surface area contributed by atoms with Crippen LogP contribution in [0.1, 0.15) is 89.3 Å². The SMILES string of the molecule is CCn1c(-c2cc(N3CCN(c4cccc(COC=O)c4)CC3)cnc2C(C)OC)c(CC(C)(C)CO[Si](C)(C)C(C)(C)C)c2cc([C@@H]3C[C@H]3OS(C)(=O)=O)ccc21. The fourth-order valence-corrected chi connectivity index (χ4v) is 9.77. The van der Waals surface area contributed by atoms with Crippen LogP contribution >= 0.6 is 0 Å². The van der Waals surface area contributed by atoms with Gasteiger partial charge in [-0.1, -0.05) is 52.8 Å². The second-order valence-corrected chi connectivity index (χ2v) is 24.9. The van der Waals surface area contributed by atoms with E-state index in [1.54, 1.807) is 7.11 Å². The van der Waals surface area contributed by atoms with E-state index >= 15 is 0 Å². The third kappa shape index (κ3) is 9.81. The van der Waals surface area contributed by atoms with Crippen molar-refractivity contribution in [1.29, 1.82) is 0 Å². The molecule has 1 saturated carbocycles. The molecule has 58 heavy (non-hydrogen) atoms. The number of pyridine rings is 1. The molecule has 3 atom stereocenters. The topological polar surface area (TPSA) is 112 Å². The quantitative estimate of drug-likeness (QED) is 0.0581. The maximum absolute atomic E-state index is 12.0. The molecule has 4 aromatic rings. The van der Waals surface area contributed by atoms with Crippen LogP contribution in [0.2, 0.25) is 18.1 Å². The molecule has 6 rings (SSSR count). The lowest BCUT2D eigenvalue weighted by Crippen LogP contribution is -2.46. The van der Waals surface area contributed by atoms with Gasteiger partial charge in [-0.15, -0.1) is 0 Å². The minimum Gasteiger partial charge on any atom is -0.463 e. The minimum atomic E-state index is -3.55. The molecule has 1 aliphatic carbocycles. The van der Waals surface area contributed by atoms with Crippen molar-refractivity contribution >= 4 is 47.2 Å². The highest BCUT2D eigenvalue weighted by Crippen LogP contribution is 2.48. The molecule has 2 aliphatic rings. The highest BCUT2D eigenvalue weighted by Gasteiger charge is 2.43. The molecule has 0 bridgehead atoms. The standard InChI is InChI=1S/C45H64N4O7SSi/c1-12-49-40-17-16-33(36-25-41(36)56-57(9,51)52)23-37(40)39(26-45(6,7)29-55-58(10,11)44(3,4)5)43(49)38-24-35(27-46-42(38)31(2)53-8)48-20-18-47(19-21-48)34-15-13-14-32(22-34)28-54-30-50/h13-17,22-24,27,30-31,36,41H,12,18-21,25-26,28-29H2,1-11H3/t31?,36-,41+/m0/s1. The van der Waals surface area contributed by atoms with E-state index in [-0.39, 0.29) is 35.2 Å². The highest BCUT2D eigenvalue weighted by atomic mass is 32.2. The summed E-state index contributed by atoms with van der Waals surface area (Å²) in [5.41, 5.74) is 9.47. The zero-order valence-corrected chi connectivity index (χ0v) is 38.2. The van der Waals surface area contributed by atoms with Crippen molar-refractivity contribution in [2.75, 3.05) is 56.0 Å². The number of carbonyl (C=O) groups is 1. The zero-order chi connectivity index (χ0) is 42.2. The summed E-state index contributed by atoms with van der Waals surface area (Å²) in [6.45, 7) is 25.7. The fourth-order valence-electron chi connectivity index (χ4n) is 7.92. The number of anilines is 2. The lowest BCUT2D eigenvalue weighted by atomic mass is 9.84. The van der Waals surface area contributed by atoms with Gasteiger partial charge >= 0.3 is 0 Å². The van der Waals surface area contributed by atoms with Crippen LogP contribution in [0.25, 0.3) is 22.2 Å². The molecule has 2 aromatic heterocycles. The van der Waals surface area contributed by atoms with Gasteiger partial charge in [-0.3, -0.25) is 14.0 Å². The Morgan fingerprint density at radius 3 is 2.29 bits per heavy atom. The monoisotopic (exact) mass is 832 g/mol. The zero-order valence-electron chi connectivity index (χ0n) is 36.4. The molecular formula is C45H64N4O7SSi. The van der Waals surface area contributed by atoms with E-state index in [4.69, 9.17) is 23.1 Å². The number of hydrogen-bond donors (Lipinski definition) is 0. The lowest BCUT2D eigenvalue weighted by molar-refractivity contribution is -0.129. The summed E-state index contributed by atoms with van der Waals surface area (Å²) in [7, 11) is -3.84. The van der Waals surface area contributed by atoms with E-state index in [1.807, 2.05) is 18.3 Å². The Morgan fingerprint density at radius 2 is 1.67 bits per heavy atom. The van der Waals surface area contributed by atoms with E-state index in [0.29, 0.717) is 19.5 Å². The number of ether oxygens (including phenoxy) is 2. The van der Waals surface area contributed by atoms with Crippen molar-refractivity contribution in [3.8, 4) is 11.3 Å². The Kier molecular flexibility index (Phi) is 12.9. The molecule has 0 amide bonds. The van der Waals surface area contributed by atoms with Gasteiger partial charge in [-0.05, 0) is 97.3 Å². The molecule has 3 heterocycles. The Bertz CT molecular complexity index is 2210. The number of aryl methyl sites for hydroxylation is 1. The van der Waals surface area contributed by atoms with Gasteiger partial charge in [0, 0.05) is 74.5 Å². The molecule has 0 spiro atoms. The number of rotatable bonds is 17. The summed E-state index contributed by atoms with van der Waals surface area (Å²) >= 11 is 0. The van der Waals surface area contributed by atoms with E-state index in [2.05, 4.69) is 112 Å². The van der Waals surface area contributed by atoms with Gasteiger partial charge in [-0.2, -0.15) is 8.42 Å². The van der Waals surface area contributed by atoms with Crippen molar-refractivity contribution in [1.82, 2.24) is 9.55 Å². The number of piperazine rings is 1. The number of methoxy groups -OCH3 is 1. The van der Waals surface area contributed by atoms with E-state index < -0.39 is 18.4 Å². The van der Waals surface area contributed by atoms with Crippen molar-refractivity contribution in [3.05, 3.63) is 77.1 Å². The molecule has 2 aromatic carbocycles. The highest BCUT2D eigenvalue weighted by molar-refractivity contribution is 7.86. The van der Waals surface area contributed by atoms with Crippen LogP contribution in [-0.4, -0.2) is 85.0 Å². The molecule has 1 aliphatic heterocycles. The average molecular weight is 833 g/mol. The summed E-state index contributed by atoms with van der Waals surface area (Å²) in [6, 6.07) is 17.1. The van der Waals surface area contributed by atoms with Crippen molar-refractivity contribution in [2.45, 2.75) is 111 Å². The summed E-state index contributed by atoms with van der Waals surface area (Å²) < 4.78 is 49.8. The number of hydrogen-bond acceptors (Lipinski definition) is 10. The van der Waals surface area contributed by atoms with Gasteiger partial charge in [0.15, 0.2) is 8.32 Å². The van der Waals surface area contributed by atoms with Crippen molar-refractivity contribution < 1.29 is 31.3 Å². The van der Waals surface area contributed by atoms with E-state index in [1.165, 1.54) is 5.56 Å². The van der Waals surface area contributed by atoms with Crippen LogP contribution in [0.3, 0.4) is 0 Å². The molecular weight excluding hydrogens is 769 g/mol. The molecule has 1 unspecified atom stereocenters. The van der Waals surface area contributed by atoms with Crippen LogP contribution < -0.4 is 9.80 Å². The van der Waals surface area contributed by atoms with Crippen molar-refractivity contribution in [2.24, 2.45) is 5.41 Å². The molecule has 13 heteroatoms. The molecule has 0 N–H and O–H groups in total. The number of carbonyl (C=O) groups excluding carboxylic acids is 1. The Morgan fingerprint density at radius 1 is 0.983 bits per heavy atom. The van der Waals surface area contributed by atoms with Crippen LogP contribution in [0, 0.1) is 5.41 Å². The van der Waals surface area contributed by atoms with Gasteiger partial charge in [0.1, 0.15) is 6.61 Å². The number of benzene rings is 2. The summed E-state index contributed by atoms with van der Waals surface area (Å²) in [6.07, 6.45) is 3.96. The maximum atomic E-state index is 12.0. The first-order valence-corrected chi connectivity index (χ1v) is 25.3. The third-order valence-corrected chi connectivity index (χ3v) is 17.5. The second kappa shape index (κ2) is 17.1. The summed E-state index contributed by atoms with van der Waals surface area (Å²) in [4.78, 5) is 20.7. The Labute approximate surface area is 347 Å². The number of nitrogens with zero attached hydrogens (tertiary/aromatic N) is 4.